The molecule has 0 radical (unpaired) electrons. The average molecular weight is 281 g/mol. The lowest BCUT2D eigenvalue weighted by molar-refractivity contribution is 0.102. The van der Waals surface area contributed by atoms with E-state index in [1.165, 1.54) is 4.31 Å². The third kappa shape index (κ3) is 2.01. The van der Waals surface area contributed by atoms with E-state index < -0.39 is 28.4 Å². The Balaban J connectivity index is 2.02. The van der Waals surface area contributed by atoms with Crippen LogP contribution in [-0.2, 0) is 14.8 Å². The van der Waals surface area contributed by atoms with Crippen LogP contribution >= 0.6 is 0 Å². The zero-order valence-electron chi connectivity index (χ0n) is 10.4. The first-order valence-electron chi connectivity index (χ1n) is 6.08. The number of nitrogens with zero attached hydrogens (tertiary/aromatic N) is 1. The second kappa shape index (κ2) is 4.42. The highest BCUT2D eigenvalue weighted by Crippen LogP contribution is 2.32. The second-order valence-electron chi connectivity index (χ2n) is 4.81. The van der Waals surface area contributed by atoms with Crippen molar-refractivity contribution in [1.82, 2.24) is 4.31 Å². The van der Waals surface area contributed by atoms with E-state index in [2.05, 4.69) is 0 Å². The predicted molar refractivity (Wildman–Crippen MR) is 68.9 cm³/mol. The normalized spacial score (nSPS) is 30.7. The van der Waals surface area contributed by atoms with Crippen molar-refractivity contribution in [3.8, 4) is 0 Å². The standard InChI is InChI=1S/C13H15NO4S/c1-9-2-4-10(5-3-9)19(16,17)14-11-8-18-13(14)7-6-12(11)15/h2-7,11-13,15H,8H2,1H3/t11-,12-,13+/m1/s1. The smallest absolute Gasteiger partial charge is 0.245 e. The van der Waals surface area contributed by atoms with E-state index in [-0.39, 0.29) is 11.5 Å². The van der Waals surface area contributed by atoms with E-state index in [4.69, 9.17) is 4.74 Å². The van der Waals surface area contributed by atoms with E-state index in [1.54, 1.807) is 36.4 Å². The van der Waals surface area contributed by atoms with Crippen LogP contribution in [0.2, 0.25) is 0 Å². The fourth-order valence-corrected chi connectivity index (χ4v) is 4.08. The Morgan fingerprint density at radius 3 is 2.63 bits per heavy atom. The first-order chi connectivity index (χ1) is 9.00. The predicted octanol–water partition coefficient (Wildman–Crippen LogP) is 0.641. The fourth-order valence-electron chi connectivity index (χ4n) is 2.41. The van der Waals surface area contributed by atoms with Crippen molar-refractivity contribution < 1.29 is 18.3 Å². The number of aliphatic hydroxyl groups excluding tert-OH is 1. The van der Waals surface area contributed by atoms with Crippen LogP contribution in [0.4, 0.5) is 0 Å². The number of rotatable bonds is 2. The minimum atomic E-state index is -3.65. The van der Waals surface area contributed by atoms with Gasteiger partial charge in [-0.3, -0.25) is 0 Å². The van der Waals surface area contributed by atoms with Gasteiger partial charge >= 0.3 is 0 Å². The molecule has 0 unspecified atom stereocenters. The third-order valence-electron chi connectivity index (χ3n) is 3.48. The number of fused-ring (bicyclic) bond motifs is 2. The zero-order chi connectivity index (χ0) is 13.6. The number of hydrogen-bond acceptors (Lipinski definition) is 4. The summed E-state index contributed by atoms with van der Waals surface area (Å²) >= 11 is 0. The number of aryl methyl sites for hydroxylation is 1. The molecule has 3 rings (SSSR count). The molecule has 2 aliphatic rings. The lowest BCUT2D eigenvalue weighted by atomic mass is 10.1. The van der Waals surface area contributed by atoms with Gasteiger partial charge in [-0.2, -0.15) is 4.31 Å². The van der Waals surface area contributed by atoms with Crippen LogP contribution in [0.3, 0.4) is 0 Å². The summed E-state index contributed by atoms with van der Waals surface area (Å²) in [4.78, 5) is 0.223. The van der Waals surface area contributed by atoms with Crippen molar-refractivity contribution in [2.24, 2.45) is 0 Å². The van der Waals surface area contributed by atoms with Crippen LogP contribution in [0.5, 0.6) is 0 Å². The Kier molecular flexibility index (Phi) is 2.98. The van der Waals surface area contributed by atoms with Gasteiger partial charge in [-0.25, -0.2) is 8.42 Å². The zero-order valence-corrected chi connectivity index (χ0v) is 11.2. The van der Waals surface area contributed by atoms with Gasteiger partial charge in [-0.05, 0) is 25.1 Å². The Hall–Kier alpha value is -1.21. The Bertz CT molecular complexity index is 608. The maximum Gasteiger partial charge on any atom is 0.245 e. The van der Waals surface area contributed by atoms with E-state index in [1.807, 2.05) is 6.92 Å². The molecule has 0 aromatic heterocycles. The maximum absolute atomic E-state index is 12.6. The molecule has 2 bridgehead atoms. The van der Waals surface area contributed by atoms with Gasteiger partial charge in [0.15, 0.2) is 0 Å². The summed E-state index contributed by atoms with van der Waals surface area (Å²) in [5.74, 6) is 0. The van der Waals surface area contributed by atoms with Crippen molar-refractivity contribution in [2.45, 2.75) is 30.2 Å². The summed E-state index contributed by atoms with van der Waals surface area (Å²) in [5, 5.41) is 9.85. The van der Waals surface area contributed by atoms with Gasteiger partial charge in [0.25, 0.3) is 0 Å². The first kappa shape index (κ1) is 12.8. The molecule has 1 N–H and O–H groups in total. The van der Waals surface area contributed by atoms with Crippen molar-refractivity contribution in [3.63, 3.8) is 0 Å². The Morgan fingerprint density at radius 1 is 1.26 bits per heavy atom. The summed E-state index contributed by atoms with van der Waals surface area (Å²) in [7, 11) is -3.65. The van der Waals surface area contributed by atoms with Gasteiger partial charge in [0.05, 0.1) is 23.6 Å². The van der Waals surface area contributed by atoms with Crippen LogP contribution in [0.1, 0.15) is 5.56 Å². The molecule has 2 aliphatic heterocycles. The molecular weight excluding hydrogens is 266 g/mol. The molecule has 0 amide bonds. The van der Waals surface area contributed by atoms with E-state index in [0.29, 0.717) is 0 Å². The van der Waals surface area contributed by atoms with Gasteiger partial charge in [0, 0.05) is 0 Å². The lowest BCUT2D eigenvalue weighted by Crippen LogP contribution is -2.48. The third-order valence-corrected chi connectivity index (χ3v) is 5.38. The molecule has 0 spiro atoms. The molecule has 2 heterocycles. The van der Waals surface area contributed by atoms with Crippen LogP contribution in [0.25, 0.3) is 0 Å². The van der Waals surface area contributed by atoms with Crippen LogP contribution in [0.15, 0.2) is 41.3 Å². The van der Waals surface area contributed by atoms with E-state index >= 15 is 0 Å². The van der Waals surface area contributed by atoms with Gasteiger partial charge < -0.3 is 9.84 Å². The molecule has 102 valence electrons. The highest BCUT2D eigenvalue weighted by atomic mass is 32.2. The van der Waals surface area contributed by atoms with Crippen LogP contribution in [-0.4, -0.2) is 42.8 Å². The molecule has 5 nitrogen and oxygen atoms in total. The largest absolute Gasteiger partial charge is 0.387 e. The van der Waals surface area contributed by atoms with Crippen molar-refractivity contribution in [2.75, 3.05) is 6.61 Å². The summed E-state index contributed by atoms with van der Waals surface area (Å²) < 4.78 is 31.9. The minimum Gasteiger partial charge on any atom is -0.387 e. The number of hydrogen-bond donors (Lipinski definition) is 1. The molecule has 6 heteroatoms. The molecule has 1 aromatic carbocycles. The molecule has 19 heavy (non-hydrogen) atoms. The van der Waals surface area contributed by atoms with Gasteiger partial charge in [0.1, 0.15) is 6.23 Å². The Morgan fingerprint density at radius 2 is 1.95 bits per heavy atom. The van der Waals surface area contributed by atoms with Gasteiger partial charge in [0.2, 0.25) is 10.0 Å². The molecule has 1 aromatic rings. The fraction of sp³-hybridized carbons (Fsp3) is 0.385. The Labute approximate surface area is 112 Å². The van der Waals surface area contributed by atoms with E-state index in [0.717, 1.165) is 5.56 Å². The van der Waals surface area contributed by atoms with Gasteiger partial charge in [-0.15, -0.1) is 0 Å². The van der Waals surface area contributed by atoms with Gasteiger partial charge in [-0.1, -0.05) is 23.8 Å². The summed E-state index contributed by atoms with van der Waals surface area (Å²) in [6.45, 7) is 2.11. The summed E-state index contributed by atoms with van der Waals surface area (Å²) in [6, 6.07) is 6.13. The number of benzene rings is 1. The molecule has 0 saturated carbocycles. The average Bonchev–Trinajstić information content (AvgIpc) is 2.73. The maximum atomic E-state index is 12.6. The SMILES string of the molecule is Cc1ccc(S(=O)(=O)N2[C@@H]3C=C[C@@H](O)[C@H]2CO3)cc1. The minimum absolute atomic E-state index is 0.212. The summed E-state index contributed by atoms with van der Waals surface area (Å²) in [6.07, 6.45) is 1.74. The highest BCUT2D eigenvalue weighted by molar-refractivity contribution is 7.89. The van der Waals surface area contributed by atoms with Crippen LogP contribution in [0, 0.1) is 6.92 Å². The molecule has 1 saturated heterocycles. The first-order valence-corrected chi connectivity index (χ1v) is 7.52. The summed E-state index contributed by atoms with van der Waals surface area (Å²) in [5.41, 5.74) is 0.997. The highest BCUT2D eigenvalue weighted by Gasteiger charge is 2.47. The lowest BCUT2D eigenvalue weighted by Gasteiger charge is -2.30. The molecule has 1 fully saturated rings. The molecule has 3 atom stereocenters. The molecular formula is C13H15NO4S. The van der Waals surface area contributed by atoms with Crippen molar-refractivity contribution in [3.05, 3.63) is 42.0 Å². The number of ether oxygens (including phenoxy) is 1. The molecule has 0 aliphatic carbocycles. The number of sulfonamides is 1. The van der Waals surface area contributed by atoms with Crippen molar-refractivity contribution >= 4 is 10.0 Å². The second-order valence-corrected chi connectivity index (χ2v) is 6.66. The quantitative estimate of drug-likeness (QED) is 0.808. The topological polar surface area (TPSA) is 66.8 Å². The van der Waals surface area contributed by atoms with E-state index in [9.17, 15) is 13.5 Å². The van der Waals surface area contributed by atoms with Crippen molar-refractivity contribution in [1.29, 1.82) is 0 Å². The monoisotopic (exact) mass is 281 g/mol. The number of aliphatic hydroxyl groups is 1. The van der Waals surface area contributed by atoms with Crippen LogP contribution < -0.4 is 0 Å².